The van der Waals surface area contributed by atoms with Crippen molar-refractivity contribution in [3.05, 3.63) is 58.6 Å². The number of nitrogens with zero attached hydrogens (tertiary/aromatic N) is 2. The van der Waals surface area contributed by atoms with Gasteiger partial charge in [-0.15, -0.1) is 0 Å². The fourth-order valence-electron chi connectivity index (χ4n) is 2.04. The van der Waals surface area contributed by atoms with Gasteiger partial charge < -0.3 is 10.6 Å². The predicted octanol–water partition coefficient (Wildman–Crippen LogP) is 3.95. The molecule has 0 spiro atoms. The molecule has 2 aromatic rings. The summed E-state index contributed by atoms with van der Waals surface area (Å²) in [4.78, 5) is 2.17. The average Bonchev–Trinajstić information content (AvgIpc) is 2.46. The lowest BCUT2D eigenvalue weighted by molar-refractivity contribution is 0.799. The first kappa shape index (κ1) is 14.4. The van der Waals surface area contributed by atoms with Crippen molar-refractivity contribution in [1.82, 2.24) is 0 Å². The number of nitrogen functional groups attached to an aromatic ring is 1. The standard InChI is InChI=1S/C16H16BrN3/c17-14-8-7-13(16(19)11-14)12-20(10-4-9-18)15-5-2-1-3-6-15/h1-3,5-8,11H,4,10,12,19H2. The molecular weight excluding hydrogens is 314 g/mol. The van der Waals surface area contributed by atoms with Crippen molar-refractivity contribution in [2.24, 2.45) is 0 Å². The van der Waals surface area contributed by atoms with Crippen LogP contribution in [-0.4, -0.2) is 6.54 Å². The molecule has 3 nitrogen and oxygen atoms in total. The van der Waals surface area contributed by atoms with Crippen LogP contribution >= 0.6 is 15.9 Å². The number of para-hydroxylation sites is 1. The number of benzene rings is 2. The molecule has 0 aliphatic heterocycles. The topological polar surface area (TPSA) is 53.0 Å². The third-order valence-corrected chi connectivity index (χ3v) is 3.58. The van der Waals surface area contributed by atoms with Gasteiger partial charge >= 0.3 is 0 Å². The Hall–Kier alpha value is -1.99. The molecule has 0 aromatic heterocycles. The van der Waals surface area contributed by atoms with Crippen LogP contribution < -0.4 is 10.6 Å². The maximum atomic E-state index is 8.81. The summed E-state index contributed by atoms with van der Waals surface area (Å²) in [6.45, 7) is 1.39. The van der Waals surface area contributed by atoms with E-state index in [1.54, 1.807) is 0 Å². The Morgan fingerprint density at radius 3 is 2.55 bits per heavy atom. The van der Waals surface area contributed by atoms with Gasteiger partial charge in [0.05, 0.1) is 12.5 Å². The second kappa shape index (κ2) is 6.97. The van der Waals surface area contributed by atoms with E-state index in [-0.39, 0.29) is 0 Å². The van der Waals surface area contributed by atoms with Crippen LogP contribution in [0.1, 0.15) is 12.0 Å². The summed E-state index contributed by atoms with van der Waals surface area (Å²) in [6, 6.07) is 18.2. The Bertz CT molecular complexity index is 605. The van der Waals surface area contributed by atoms with Gasteiger partial charge in [0.1, 0.15) is 0 Å². The minimum absolute atomic E-state index is 0.491. The molecule has 0 saturated heterocycles. The van der Waals surface area contributed by atoms with E-state index in [1.165, 1.54) is 0 Å². The van der Waals surface area contributed by atoms with Gasteiger partial charge in [-0.3, -0.25) is 0 Å². The van der Waals surface area contributed by atoms with Crippen molar-refractivity contribution in [3.63, 3.8) is 0 Å². The molecule has 0 saturated carbocycles. The lowest BCUT2D eigenvalue weighted by atomic mass is 10.1. The maximum Gasteiger partial charge on any atom is 0.0640 e. The van der Waals surface area contributed by atoms with Crippen LogP contribution in [0.2, 0.25) is 0 Å². The van der Waals surface area contributed by atoms with Gasteiger partial charge in [0.25, 0.3) is 0 Å². The summed E-state index contributed by atoms with van der Waals surface area (Å²) in [5.41, 5.74) is 8.98. The number of rotatable bonds is 5. The van der Waals surface area contributed by atoms with E-state index < -0.39 is 0 Å². The summed E-state index contributed by atoms with van der Waals surface area (Å²) in [5, 5.41) is 8.81. The van der Waals surface area contributed by atoms with Gasteiger partial charge in [0.15, 0.2) is 0 Å². The second-order valence-corrected chi connectivity index (χ2v) is 5.42. The van der Waals surface area contributed by atoms with Crippen molar-refractivity contribution in [1.29, 1.82) is 5.26 Å². The molecule has 0 bridgehead atoms. The number of hydrogen-bond donors (Lipinski definition) is 1. The number of halogens is 1. The molecule has 102 valence electrons. The summed E-state index contributed by atoms with van der Waals surface area (Å²) in [6.07, 6.45) is 0.491. The molecule has 0 amide bonds. The highest BCUT2D eigenvalue weighted by atomic mass is 79.9. The third-order valence-electron chi connectivity index (χ3n) is 3.08. The zero-order chi connectivity index (χ0) is 14.4. The number of nitrogens with two attached hydrogens (primary N) is 1. The third kappa shape index (κ3) is 3.75. The van der Waals surface area contributed by atoms with E-state index in [9.17, 15) is 0 Å². The van der Waals surface area contributed by atoms with Crippen LogP contribution in [0.25, 0.3) is 0 Å². The highest BCUT2D eigenvalue weighted by Gasteiger charge is 2.09. The molecule has 2 rings (SSSR count). The van der Waals surface area contributed by atoms with E-state index in [4.69, 9.17) is 11.0 Å². The SMILES string of the molecule is N#CCCN(Cc1ccc(Br)cc1N)c1ccccc1. The highest BCUT2D eigenvalue weighted by Crippen LogP contribution is 2.23. The Labute approximate surface area is 127 Å². The van der Waals surface area contributed by atoms with Gasteiger partial charge in [-0.05, 0) is 29.8 Å². The normalized spacial score (nSPS) is 10.0. The van der Waals surface area contributed by atoms with Crippen molar-refractivity contribution in [2.75, 3.05) is 17.2 Å². The molecule has 2 N–H and O–H groups in total. The summed E-state index contributed by atoms with van der Waals surface area (Å²) >= 11 is 3.41. The molecule has 0 unspecified atom stereocenters. The minimum atomic E-state index is 0.491. The van der Waals surface area contributed by atoms with E-state index in [0.29, 0.717) is 19.5 Å². The molecule has 4 heteroatoms. The smallest absolute Gasteiger partial charge is 0.0640 e. The fourth-order valence-corrected chi connectivity index (χ4v) is 2.42. The summed E-state index contributed by atoms with van der Waals surface area (Å²) < 4.78 is 0.974. The minimum Gasteiger partial charge on any atom is -0.398 e. The lowest BCUT2D eigenvalue weighted by Gasteiger charge is -2.24. The predicted molar refractivity (Wildman–Crippen MR) is 86.3 cm³/mol. The molecule has 0 radical (unpaired) electrons. The lowest BCUT2D eigenvalue weighted by Crippen LogP contribution is -2.24. The van der Waals surface area contributed by atoms with Crippen molar-refractivity contribution in [2.45, 2.75) is 13.0 Å². The van der Waals surface area contributed by atoms with Gasteiger partial charge in [-0.2, -0.15) is 5.26 Å². The Morgan fingerprint density at radius 1 is 1.15 bits per heavy atom. The van der Waals surface area contributed by atoms with Crippen molar-refractivity contribution < 1.29 is 0 Å². The summed E-state index contributed by atoms with van der Waals surface area (Å²) in [5.74, 6) is 0. The van der Waals surface area contributed by atoms with Crippen molar-refractivity contribution >= 4 is 27.3 Å². The number of nitriles is 1. The Balaban J connectivity index is 2.22. The molecule has 0 aliphatic rings. The number of anilines is 2. The molecule has 0 atom stereocenters. The van der Waals surface area contributed by atoms with Crippen LogP contribution in [0.15, 0.2) is 53.0 Å². The first-order chi connectivity index (χ1) is 9.70. The monoisotopic (exact) mass is 329 g/mol. The van der Waals surface area contributed by atoms with E-state index >= 15 is 0 Å². The van der Waals surface area contributed by atoms with Gasteiger partial charge in [-0.1, -0.05) is 40.2 Å². The summed E-state index contributed by atoms with van der Waals surface area (Å²) in [7, 11) is 0. The van der Waals surface area contributed by atoms with Gasteiger partial charge in [-0.25, -0.2) is 0 Å². The first-order valence-corrected chi connectivity index (χ1v) is 7.21. The van der Waals surface area contributed by atoms with E-state index in [0.717, 1.165) is 21.4 Å². The Morgan fingerprint density at radius 2 is 1.90 bits per heavy atom. The number of hydrogen-bond acceptors (Lipinski definition) is 3. The molecule has 0 fully saturated rings. The van der Waals surface area contributed by atoms with Crippen molar-refractivity contribution in [3.8, 4) is 6.07 Å². The highest BCUT2D eigenvalue weighted by molar-refractivity contribution is 9.10. The fraction of sp³-hybridized carbons (Fsp3) is 0.188. The van der Waals surface area contributed by atoms with Crippen LogP contribution in [-0.2, 0) is 6.54 Å². The average molecular weight is 330 g/mol. The van der Waals surface area contributed by atoms with E-state index in [2.05, 4.69) is 26.9 Å². The molecule has 2 aromatic carbocycles. The largest absolute Gasteiger partial charge is 0.398 e. The second-order valence-electron chi connectivity index (χ2n) is 4.51. The van der Waals surface area contributed by atoms with Crippen LogP contribution in [0.5, 0.6) is 0 Å². The molecule has 20 heavy (non-hydrogen) atoms. The van der Waals surface area contributed by atoms with Crippen LogP contribution in [0.4, 0.5) is 11.4 Å². The zero-order valence-corrected chi connectivity index (χ0v) is 12.7. The van der Waals surface area contributed by atoms with Crippen LogP contribution in [0.3, 0.4) is 0 Å². The van der Waals surface area contributed by atoms with E-state index in [1.807, 2.05) is 48.5 Å². The first-order valence-electron chi connectivity index (χ1n) is 6.41. The van der Waals surface area contributed by atoms with Gasteiger partial charge in [0, 0.05) is 28.9 Å². The Kier molecular flexibility index (Phi) is 5.03. The van der Waals surface area contributed by atoms with Gasteiger partial charge in [0.2, 0.25) is 0 Å². The quantitative estimate of drug-likeness (QED) is 0.845. The molecule has 0 aliphatic carbocycles. The molecular formula is C16H16BrN3. The maximum absolute atomic E-state index is 8.81. The van der Waals surface area contributed by atoms with Crippen LogP contribution in [0, 0.1) is 11.3 Å². The zero-order valence-electron chi connectivity index (χ0n) is 11.1. The molecule has 0 heterocycles.